The summed E-state index contributed by atoms with van der Waals surface area (Å²) < 4.78 is 38.6. The quantitative estimate of drug-likeness (QED) is 0.865. The van der Waals surface area contributed by atoms with Gasteiger partial charge in [0.05, 0.1) is 6.20 Å². The first kappa shape index (κ1) is 12.2. The van der Waals surface area contributed by atoms with E-state index in [-0.39, 0.29) is 16.5 Å². The van der Waals surface area contributed by atoms with Crippen LogP contribution in [0.3, 0.4) is 0 Å². The van der Waals surface area contributed by atoms with Crippen LogP contribution in [0.25, 0.3) is 0 Å². The Morgan fingerprint density at radius 2 is 1.89 bits per heavy atom. The van der Waals surface area contributed by atoms with Crippen LogP contribution in [-0.2, 0) is 10.0 Å². The van der Waals surface area contributed by atoms with Crippen LogP contribution in [0, 0.1) is 5.82 Å². The molecule has 6 nitrogen and oxygen atoms in total. The van der Waals surface area contributed by atoms with Gasteiger partial charge in [-0.2, -0.15) is 0 Å². The Kier molecular flexibility index (Phi) is 3.11. The Morgan fingerprint density at radius 3 is 2.44 bits per heavy atom. The molecule has 2 aromatic heterocycles. The molecule has 94 valence electrons. The van der Waals surface area contributed by atoms with Crippen LogP contribution in [-0.4, -0.2) is 18.4 Å². The van der Waals surface area contributed by atoms with Crippen molar-refractivity contribution in [3.05, 3.63) is 42.5 Å². The van der Waals surface area contributed by atoms with Crippen molar-refractivity contribution in [1.82, 2.24) is 9.97 Å². The van der Waals surface area contributed by atoms with E-state index in [1.807, 2.05) is 0 Å². The number of aromatic nitrogens is 2. The number of hydrogen-bond acceptors (Lipinski definition) is 5. The topological polar surface area (TPSA) is 98.0 Å². The lowest BCUT2D eigenvalue weighted by Crippen LogP contribution is -2.14. The number of halogens is 1. The standard InChI is InChI=1S/C10H9FN4O2S/c11-7-1-4-10(14-5-7)15-18(16,17)8-2-3-9(12)13-6-8/h1-6H,(H2,12,13)(H,14,15). The molecule has 0 spiro atoms. The Bertz CT molecular complexity index is 641. The maximum Gasteiger partial charge on any atom is 0.264 e. The van der Waals surface area contributed by atoms with Crippen molar-refractivity contribution in [3.63, 3.8) is 0 Å². The summed E-state index contributed by atoms with van der Waals surface area (Å²) in [7, 11) is -3.80. The summed E-state index contributed by atoms with van der Waals surface area (Å²) in [6.45, 7) is 0. The predicted octanol–water partition coefficient (Wildman–Crippen LogP) is 0.999. The third-order valence-electron chi connectivity index (χ3n) is 2.04. The zero-order valence-corrected chi connectivity index (χ0v) is 9.86. The molecule has 8 heteroatoms. The van der Waals surface area contributed by atoms with Crippen LogP contribution in [0.1, 0.15) is 0 Å². The molecule has 0 unspecified atom stereocenters. The van der Waals surface area contributed by atoms with Gasteiger partial charge in [-0.05, 0) is 24.3 Å². The normalized spacial score (nSPS) is 11.2. The van der Waals surface area contributed by atoms with E-state index in [0.29, 0.717) is 0 Å². The number of nitrogens with zero attached hydrogens (tertiary/aromatic N) is 2. The molecule has 0 aliphatic rings. The van der Waals surface area contributed by atoms with Crippen molar-refractivity contribution in [2.24, 2.45) is 0 Å². The van der Waals surface area contributed by atoms with E-state index in [9.17, 15) is 12.8 Å². The molecule has 0 amide bonds. The monoisotopic (exact) mass is 268 g/mol. The second-order valence-corrected chi connectivity index (χ2v) is 5.07. The van der Waals surface area contributed by atoms with Crippen molar-refractivity contribution in [2.75, 3.05) is 10.5 Å². The van der Waals surface area contributed by atoms with Crippen molar-refractivity contribution >= 4 is 21.7 Å². The summed E-state index contributed by atoms with van der Waals surface area (Å²) in [4.78, 5) is 7.22. The van der Waals surface area contributed by atoms with E-state index in [0.717, 1.165) is 18.5 Å². The summed E-state index contributed by atoms with van der Waals surface area (Å²) in [5.41, 5.74) is 5.36. The highest BCUT2D eigenvalue weighted by molar-refractivity contribution is 7.92. The van der Waals surface area contributed by atoms with E-state index >= 15 is 0 Å². The maximum absolute atomic E-state index is 12.6. The molecular formula is C10H9FN4O2S. The average molecular weight is 268 g/mol. The first-order valence-corrected chi connectivity index (χ1v) is 6.31. The van der Waals surface area contributed by atoms with E-state index in [1.54, 1.807) is 0 Å². The van der Waals surface area contributed by atoms with E-state index in [1.165, 1.54) is 18.2 Å². The first-order chi connectivity index (χ1) is 8.47. The SMILES string of the molecule is Nc1ccc(S(=O)(=O)Nc2ccc(F)cn2)cn1. The van der Waals surface area contributed by atoms with Crippen LogP contribution in [0.2, 0.25) is 0 Å². The highest BCUT2D eigenvalue weighted by atomic mass is 32.2. The van der Waals surface area contributed by atoms with Gasteiger partial charge in [0.1, 0.15) is 22.3 Å². The fourth-order valence-electron chi connectivity index (χ4n) is 1.18. The van der Waals surface area contributed by atoms with E-state index in [2.05, 4.69) is 14.7 Å². The third kappa shape index (κ3) is 2.72. The Morgan fingerprint density at radius 1 is 1.11 bits per heavy atom. The van der Waals surface area contributed by atoms with Crippen LogP contribution in [0.4, 0.5) is 16.0 Å². The largest absolute Gasteiger partial charge is 0.384 e. The third-order valence-corrected chi connectivity index (χ3v) is 3.38. The minimum Gasteiger partial charge on any atom is -0.384 e. The van der Waals surface area contributed by atoms with Gasteiger partial charge in [-0.1, -0.05) is 0 Å². The summed E-state index contributed by atoms with van der Waals surface area (Å²) in [5, 5.41) is 0. The molecule has 0 aliphatic carbocycles. The van der Waals surface area contributed by atoms with Gasteiger partial charge in [-0.3, -0.25) is 4.72 Å². The molecule has 0 bridgehead atoms. The first-order valence-electron chi connectivity index (χ1n) is 4.83. The fraction of sp³-hybridized carbons (Fsp3) is 0. The molecule has 0 atom stereocenters. The maximum atomic E-state index is 12.6. The molecule has 3 N–H and O–H groups in total. The summed E-state index contributed by atoms with van der Waals surface area (Å²) in [5.74, 6) is -0.311. The molecule has 2 aromatic rings. The van der Waals surface area contributed by atoms with Crippen molar-refractivity contribution in [3.8, 4) is 0 Å². The number of anilines is 2. The number of rotatable bonds is 3. The number of sulfonamides is 1. The van der Waals surface area contributed by atoms with Gasteiger partial charge in [0.25, 0.3) is 10.0 Å². The van der Waals surface area contributed by atoms with Crippen molar-refractivity contribution in [1.29, 1.82) is 0 Å². The van der Waals surface area contributed by atoms with Gasteiger partial charge in [0.15, 0.2) is 0 Å². The fourth-order valence-corrected chi connectivity index (χ4v) is 2.14. The lowest BCUT2D eigenvalue weighted by Gasteiger charge is -2.06. The van der Waals surface area contributed by atoms with Gasteiger partial charge in [-0.15, -0.1) is 0 Å². The minimum absolute atomic E-state index is 0.0215. The number of nitrogens with one attached hydrogen (secondary N) is 1. The van der Waals surface area contributed by atoms with Crippen LogP contribution < -0.4 is 10.5 Å². The molecular weight excluding hydrogens is 259 g/mol. The van der Waals surface area contributed by atoms with Crippen molar-refractivity contribution in [2.45, 2.75) is 4.90 Å². The van der Waals surface area contributed by atoms with Crippen LogP contribution >= 0.6 is 0 Å². The number of nitrogen functional groups attached to an aromatic ring is 1. The highest BCUT2D eigenvalue weighted by Gasteiger charge is 2.15. The number of hydrogen-bond donors (Lipinski definition) is 2. The summed E-state index contributed by atoms with van der Waals surface area (Å²) >= 11 is 0. The minimum atomic E-state index is -3.80. The van der Waals surface area contributed by atoms with Crippen LogP contribution in [0.15, 0.2) is 41.6 Å². The van der Waals surface area contributed by atoms with Gasteiger partial charge < -0.3 is 5.73 Å². The molecule has 0 saturated heterocycles. The van der Waals surface area contributed by atoms with E-state index in [4.69, 9.17) is 5.73 Å². The Labute approximate surface area is 103 Å². The molecule has 2 rings (SSSR count). The number of nitrogens with two attached hydrogens (primary N) is 1. The van der Waals surface area contributed by atoms with Crippen LogP contribution in [0.5, 0.6) is 0 Å². The zero-order chi connectivity index (χ0) is 13.2. The lowest BCUT2D eigenvalue weighted by atomic mass is 10.5. The molecule has 0 aromatic carbocycles. The summed E-state index contributed by atoms with van der Waals surface area (Å²) in [6, 6.07) is 5.00. The predicted molar refractivity (Wildman–Crippen MR) is 63.7 cm³/mol. The van der Waals surface area contributed by atoms with E-state index < -0.39 is 15.8 Å². The Hall–Kier alpha value is -2.22. The lowest BCUT2D eigenvalue weighted by molar-refractivity contribution is 0.600. The second-order valence-electron chi connectivity index (χ2n) is 3.39. The molecule has 0 fully saturated rings. The highest BCUT2D eigenvalue weighted by Crippen LogP contribution is 2.14. The molecule has 0 radical (unpaired) electrons. The smallest absolute Gasteiger partial charge is 0.264 e. The van der Waals surface area contributed by atoms with Gasteiger partial charge >= 0.3 is 0 Å². The second kappa shape index (κ2) is 4.57. The molecule has 0 aliphatic heterocycles. The van der Waals surface area contributed by atoms with Gasteiger partial charge in [0.2, 0.25) is 0 Å². The van der Waals surface area contributed by atoms with Gasteiger partial charge in [-0.25, -0.2) is 22.8 Å². The zero-order valence-electron chi connectivity index (χ0n) is 9.04. The van der Waals surface area contributed by atoms with Crippen molar-refractivity contribution < 1.29 is 12.8 Å². The molecule has 2 heterocycles. The van der Waals surface area contributed by atoms with Gasteiger partial charge in [0, 0.05) is 6.20 Å². The summed E-state index contributed by atoms with van der Waals surface area (Å²) in [6.07, 6.45) is 2.04. The average Bonchev–Trinajstić information content (AvgIpc) is 2.32. The Balaban J connectivity index is 2.27. The molecule has 18 heavy (non-hydrogen) atoms. The number of pyridine rings is 2. The molecule has 0 saturated carbocycles.